The zero-order valence-corrected chi connectivity index (χ0v) is 15.7. The number of amides is 1. The van der Waals surface area contributed by atoms with Crippen molar-refractivity contribution >= 4 is 11.9 Å². The maximum absolute atomic E-state index is 12.2. The van der Waals surface area contributed by atoms with Gasteiger partial charge in [0.2, 0.25) is 0 Å². The molecule has 0 aliphatic carbocycles. The van der Waals surface area contributed by atoms with Crippen LogP contribution in [0, 0.1) is 6.92 Å². The van der Waals surface area contributed by atoms with Crippen LogP contribution in [0.15, 0.2) is 30.6 Å². The predicted octanol–water partition coefficient (Wildman–Crippen LogP) is 3.27. The molecule has 1 N–H and O–H groups in total. The van der Waals surface area contributed by atoms with E-state index in [1.165, 1.54) is 0 Å². The van der Waals surface area contributed by atoms with Crippen LogP contribution in [0.3, 0.4) is 0 Å². The first-order valence-corrected chi connectivity index (χ1v) is 8.81. The van der Waals surface area contributed by atoms with Gasteiger partial charge in [0.15, 0.2) is 5.82 Å². The number of likely N-dealkylation sites (tertiary alicyclic amines) is 1. The van der Waals surface area contributed by atoms with Gasteiger partial charge >= 0.3 is 6.09 Å². The number of anilines is 1. The highest BCUT2D eigenvalue weighted by Crippen LogP contribution is 2.22. The summed E-state index contributed by atoms with van der Waals surface area (Å²) in [6, 6.07) is 5.85. The molecule has 1 saturated heterocycles. The lowest BCUT2D eigenvalue weighted by Gasteiger charge is -2.24. The minimum absolute atomic E-state index is 0.160. The summed E-state index contributed by atoms with van der Waals surface area (Å²) in [5.41, 5.74) is 1.30. The van der Waals surface area contributed by atoms with Gasteiger partial charge in [-0.15, -0.1) is 0 Å². The van der Waals surface area contributed by atoms with Gasteiger partial charge in [-0.2, -0.15) is 0 Å². The molecule has 0 spiro atoms. The van der Waals surface area contributed by atoms with Crippen molar-refractivity contribution in [2.24, 2.45) is 0 Å². The van der Waals surface area contributed by atoms with E-state index in [9.17, 15) is 4.79 Å². The van der Waals surface area contributed by atoms with Crippen molar-refractivity contribution in [2.45, 2.75) is 45.8 Å². The number of aryl methyl sites for hydroxylation is 1. The van der Waals surface area contributed by atoms with Crippen LogP contribution in [0.1, 0.15) is 32.9 Å². The molecule has 138 valence electrons. The molecule has 0 aromatic carbocycles. The Hall–Kier alpha value is -2.70. The van der Waals surface area contributed by atoms with Gasteiger partial charge in [-0.25, -0.2) is 19.7 Å². The summed E-state index contributed by atoms with van der Waals surface area (Å²) in [6.45, 7) is 8.86. The van der Waals surface area contributed by atoms with Gasteiger partial charge in [-0.05, 0) is 52.3 Å². The minimum Gasteiger partial charge on any atom is -0.444 e. The Morgan fingerprint density at radius 1 is 1.27 bits per heavy atom. The number of ether oxygens (including phenoxy) is 1. The van der Waals surface area contributed by atoms with Crippen LogP contribution in [0.5, 0.6) is 0 Å². The zero-order chi connectivity index (χ0) is 18.7. The summed E-state index contributed by atoms with van der Waals surface area (Å²) < 4.78 is 5.43. The molecule has 1 aliphatic heterocycles. The van der Waals surface area contributed by atoms with Gasteiger partial charge in [-0.1, -0.05) is 0 Å². The Morgan fingerprint density at radius 2 is 2.00 bits per heavy atom. The van der Waals surface area contributed by atoms with Crippen LogP contribution in [-0.4, -0.2) is 50.7 Å². The van der Waals surface area contributed by atoms with Gasteiger partial charge in [0.25, 0.3) is 0 Å². The fraction of sp³-hybridized carbons (Fsp3) is 0.474. The van der Waals surface area contributed by atoms with Crippen LogP contribution in [0.2, 0.25) is 0 Å². The molecule has 2 aromatic heterocycles. The molecule has 1 amide bonds. The smallest absolute Gasteiger partial charge is 0.410 e. The lowest BCUT2D eigenvalue weighted by Crippen LogP contribution is -2.36. The monoisotopic (exact) mass is 355 g/mol. The molecule has 7 heteroatoms. The lowest BCUT2D eigenvalue weighted by molar-refractivity contribution is 0.0293. The first kappa shape index (κ1) is 18.1. The summed E-state index contributed by atoms with van der Waals surface area (Å²) in [5, 5.41) is 3.41. The Labute approximate surface area is 153 Å². The summed E-state index contributed by atoms with van der Waals surface area (Å²) in [7, 11) is 0. The van der Waals surface area contributed by atoms with Gasteiger partial charge in [0.05, 0.1) is 5.69 Å². The van der Waals surface area contributed by atoms with Crippen LogP contribution in [0.4, 0.5) is 10.6 Å². The molecule has 3 heterocycles. The standard InChI is InChI=1S/C19H25N5O2/c1-13-15(17-20-9-5-10-21-17)6-7-16(22-13)23-14-8-11-24(12-14)18(25)26-19(2,3)4/h5-7,9-10,14H,8,11-12H2,1-4H3,(H,22,23)/t14-/m0/s1. The second-order valence-electron chi connectivity index (χ2n) is 7.46. The van der Waals surface area contributed by atoms with E-state index in [-0.39, 0.29) is 12.1 Å². The lowest BCUT2D eigenvalue weighted by atomic mass is 10.2. The number of aromatic nitrogens is 3. The van der Waals surface area contributed by atoms with E-state index >= 15 is 0 Å². The van der Waals surface area contributed by atoms with Crippen molar-refractivity contribution in [1.29, 1.82) is 0 Å². The molecule has 0 unspecified atom stereocenters. The molecule has 26 heavy (non-hydrogen) atoms. The summed E-state index contributed by atoms with van der Waals surface area (Å²) in [6.07, 6.45) is 4.04. The van der Waals surface area contributed by atoms with Gasteiger partial charge in [0, 0.05) is 37.1 Å². The minimum atomic E-state index is -0.476. The highest BCUT2D eigenvalue weighted by molar-refractivity contribution is 5.68. The highest BCUT2D eigenvalue weighted by Gasteiger charge is 2.29. The number of pyridine rings is 1. The SMILES string of the molecule is Cc1nc(N[C@H]2CCN(C(=O)OC(C)(C)C)C2)ccc1-c1ncccn1. The number of nitrogens with zero attached hydrogens (tertiary/aromatic N) is 4. The summed E-state index contributed by atoms with van der Waals surface area (Å²) in [4.78, 5) is 27.1. The maximum atomic E-state index is 12.2. The highest BCUT2D eigenvalue weighted by atomic mass is 16.6. The van der Waals surface area contributed by atoms with Crippen molar-refractivity contribution in [3.8, 4) is 11.4 Å². The summed E-state index contributed by atoms with van der Waals surface area (Å²) in [5.74, 6) is 1.46. The third-order valence-electron chi connectivity index (χ3n) is 4.08. The number of hydrogen-bond acceptors (Lipinski definition) is 6. The van der Waals surface area contributed by atoms with Crippen LogP contribution in [-0.2, 0) is 4.74 Å². The van der Waals surface area contributed by atoms with Crippen molar-refractivity contribution < 1.29 is 9.53 Å². The molecular formula is C19H25N5O2. The average molecular weight is 355 g/mol. The molecule has 7 nitrogen and oxygen atoms in total. The van der Waals surface area contributed by atoms with Crippen molar-refractivity contribution in [3.05, 3.63) is 36.3 Å². The molecule has 3 rings (SSSR count). The third kappa shape index (κ3) is 4.47. The molecule has 1 fully saturated rings. The Balaban J connectivity index is 1.62. The molecule has 1 aliphatic rings. The first-order valence-electron chi connectivity index (χ1n) is 8.81. The van der Waals surface area contributed by atoms with E-state index in [1.807, 2.05) is 39.8 Å². The number of carbonyl (C=O) groups excluding carboxylic acids is 1. The predicted molar refractivity (Wildman–Crippen MR) is 99.8 cm³/mol. The Kier molecular flexibility index (Phi) is 5.06. The van der Waals surface area contributed by atoms with E-state index in [4.69, 9.17) is 4.74 Å². The normalized spacial score (nSPS) is 17.2. The quantitative estimate of drug-likeness (QED) is 0.910. The zero-order valence-electron chi connectivity index (χ0n) is 15.7. The second kappa shape index (κ2) is 7.27. The van der Waals surface area contributed by atoms with E-state index in [1.54, 1.807) is 23.4 Å². The van der Waals surface area contributed by atoms with Crippen molar-refractivity contribution in [3.63, 3.8) is 0 Å². The van der Waals surface area contributed by atoms with E-state index in [0.717, 1.165) is 23.5 Å². The number of rotatable bonds is 3. The number of hydrogen-bond donors (Lipinski definition) is 1. The van der Waals surface area contributed by atoms with E-state index in [0.29, 0.717) is 18.9 Å². The number of carbonyl (C=O) groups is 1. The molecule has 1 atom stereocenters. The Morgan fingerprint density at radius 3 is 2.65 bits per heavy atom. The van der Waals surface area contributed by atoms with Crippen molar-refractivity contribution in [1.82, 2.24) is 19.9 Å². The van der Waals surface area contributed by atoms with Gasteiger partial charge < -0.3 is 15.0 Å². The van der Waals surface area contributed by atoms with E-state index < -0.39 is 5.60 Å². The van der Waals surface area contributed by atoms with Crippen LogP contribution >= 0.6 is 0 Å². The maximum Gasteiger partial charge on any atom is 0.410 e. The third-order valence-corrected chi connectivity index (χ3v) is 4.08. The van der Waals surface area contributed by atoms with Gasteiger partial charge in [-0.3, -0.25) is 0 Å². The van der Waals surface area contributed by atoms with Crippen LogP contribution < -0.4 is 5.32 Å². The largest absolute Gasteiger partial charge is 0.444 e. The molecular weight excluding hydrogens is 330 g/mol. The van der Waals surface area contributed by atoms with E-state index in [2.05, 4.69) is 20.3 Å². The first-order chi connectivity index (χ1) is 12.3. The summed E-state index contributed by atoms with van der Waals surface area (Å²) >= 11 is 0. The topological polar surface area (TPSA) is 80.2 Å². The van der Waals surface area contributed by atoms with Crippen molar-refractivity contribution in [2.75, 3.05) is 18.4 Å². The van der Waals surface area contributed by atoms with Crippen LogP contribution in [0.25, 0.3) is 11.4 Å². The number of nitrogens with one attached hydrogen (secondary N) is 1. The second-order valence-corrected chi connectivity index (χ2v) is 7.46. The molecule has 0 bridgehead atoms. The van der Waals surface area contributed by atoms with Gasteiger partial charge in [0.1, 0.15) is 11.4 Å². The fourth-order valence-electron chi connectivity index (χ4n) is 2.90. The Bertz CT molecular complexity index is 773. The molecule has 0 saturated carbocycles. The molecule has 2 aromatic rings. The average Bonchev–Trinajstić information content (AvgIpc) is 3.03. The fourth-order valence-corrected chi connectivity index (χ4v) is 2.90. The molecule has 0 radical (unpaired) electrons.